The first-order valence-electron chi connectivity index (χ1n) is 7.57. The van der Waals surface area contributed by atoms with E-state index >= 15 is 0 Å². The van der Waals surface area contributed by atoms with Gasteiger partial charge in [0.05, 0.1) is 19.1 Å². The van der Waals surface area contributed by atoms with E-state index in [4.69, 9.17) is 4.74 Å². The van der Waals surface area contributed by atoms with Crippen molar-refractivity contribution in [3.63, 3.8) is 0 Å². The van der Waals surface area contributed by atoms with Gasteiger partial charge in [0, 0.05) is 18.0 Å². The summed E-state index contributed by atoms with van der Waals surface area (Å²) in [5.41, 5.74) is 2.39. The monoisotopic (exact) mass is 289 g/mol. The van der Waals surface area contributed by atoms with Gasteiger partial charge in [-0.05, 0) is 32.4 Å². The van der Waals surface area contributed by atoms with Crippen LogP contribution in [0.5, 0.6) is 0 Å². The zero-order chi connectivity index (χ0) is 15.1. The van der Waals surface area contributed by atoms with Crippen LogP contribution in [0.3, 0.4) is 0 Å². The Labute approximate surface area is 125 Å². The van der Waals surface area contributed by atoms with E-state index in [1.165, 1.54) is 18.2 Å². The molecule has 1 aromatic carbocycles. The molecule has 2 bridgehead atoms. The number of carbonyl (C=O) groups is 1. The van der Waals surface area contributed by atoms with Gasteiger partial charge >= 0.3 is 5.97 Å². The SMILES string of the molecule is COC(=O)[C@@H]1[C@@H](c2ccc(C)cc2)C[C@@H]2[C@@H](O)C[C@H]1N2C. The van der Waals surface area contributed by atoms with Crippen molar-refractivity contribution in [2.24, 2.45) is 5.92 Å². The lowest BCUT2D eigenvalue weighted by Crippen LogP contribution is -2.49. The third-order valence-corrected chi connectivity index (χ3v) is 5.30. The van der Waals surface area contributed by atoms with Crippen LogP contribution < -0.4 is 0 Å². The molecule has 2 saturated heterocycles. The van der Waals surface area contributed by atoms with Gasteiger partial charge in [0.2, 0.25) is 0 Å². The van der Waals surface area contributed by atoms with Gasteiger partial charge in [0.1, 0.15) is 0 Å². The summed E-state index contributed by atoms with van der Waals surface area (Å²) in [5.74, 6) is -0.234. The van der Waals surface area contributed by atoms with Gasteiger partial charge in [-0.3, -0.25) is 9.69 Å². The lowest BCUT2D eigenvalue weighted by Gasteiger charge is -2.41. The lowest BCUT2D eigenvalue weighted by atomic mass is 9.76. The summed E-state index contributed by atoms with van der Waals surface area (Å²) >= 11 is 0. The van der Waals surface area contributed by atoms with Gasteiger partial charge in [-0.1, -0.05) is 29.8 Å². The fourth-order valence-corrected chi connectivity index (χ4v) is 4.10. The first kappa shape index (κ1) is 14.5. The van der Waals surface area contributed by atoms with Crippen molar-refractivity contribution in [3.05, 3.63) is 35.4 Å². The predicted molar refractivity (Wildman–Crippen MR) is 80.0 cm³/mol. The number of ether oxygens (including phenoxy) is 1. The summed E-state index contributed by atoms with van der Waals surface area (Å²) in [6.07, 6.45) is 1.11. The third-order valence-electron chi connectivity index (χ3n) is 5.30. The van der Waals surface area contributed by atoms with E-state index in [9.17, 15) is 9.90 Å². The van der Waals surface area contributed by atoms with Crippen LogP contribution >= 0.6 is 0 Å². The summed E-state index contributed by atoms with van der Waals surface area (Å²) < 4.78 is 5.05. The maximum Gasteiger partial charge on any atom is 0.310 e. The van der Waals surface area contributed by atoms with Crippen LogP contribution in [0.4, 0.5) is 0 Å². The molecule has 0 unspecified atom stereocenters. The van der Waals surface area contributed by atoms with Gasteiger partial charge < -0.3 is 9.84 Å². The van der Waals surface area contributed by atoms with Crippen LogP contribution in [0.25, 0.3) is 0 Å². The van der Waals surface area contributed by atoms with Crippen LogP contribution in [0.1, 0.15) is 29.9 Å². The second kappa shape index (κ2) is 5.43. The van der Waals surface area contributed by atoms with E-state index in [0.717, 1.165) is 6.42 Å². The molecule has 4 heteroatoms. The zero-order valence-electron chi connectivity index (χ0n) is 12.8. The number of aliphatic hydroxyl groups excluding tert-OH is 1. The molecule has 114 valence electrons. The number of likely N-dealkylation sites (N-methyl/N-ethyl adjacent to an activating group) is 1. The molecule has 0 aromatic heterocycles. The molecule has 2 aliphatic heterocycles. The number of rotatable bonds is 2. The number of aryl methyl sites for hydroxylation is 1. The van der Waals surface area contributed by atoms with E-state index < -0.39 is 0 Å². The zero-order valence-corrected chi connectivity index (χ0v) is 12.8. The Hall–Kier alpha value is -1.39. The number of methoxy groups -OCH3 is 1. The Balaban J connectivity index is 1.97. The van der Waals surface area contributed by atoms with Gasteiger partial charge in [0.25, 0.3) is 0 Å². The fraction of sp³-hybridized carbons (Fsp3) is 0.588. The number of benzene rings is 1. The maximum atomic E-state index is 12.3. The number of piperidine rings is 1. The normalized spacial score (nSPS) is 35.7. The van der Waals surface area contributed by atoms with Gasteiger partial charge in [-0.15, -0.1) is 0 Å². The molecular weight excluding hydrogens is 266 g/mol. The van der Waals surface area contributed by atoms with Crippen LogP contribution in [-0.2, 0) is 9.53 Å². The highest BCUT2D eigenvalue weighted by Crippen LogP contribution is 2.46. The van der Waals surface area contributed by atoms with E-state index in [1.807, 2.05) is 7.05 Å². The van der Waals surface area contributed by atoms with E-state index in [0.29, 0.717) is 6.42 Å². The first-order valence-corrected chi connectivity index (χ1v) is 7.57. The van der Waals surface area contributed by atoms with Crippen LogP contribution in [-0.4, -0.2) is 48.3 Å². The molecule has 0 aliphatic carbocycles. The van der Waals surface area contributed by atoms with Gasteiger partial charge in [-0.25, -0.2) is 0 Å². The Kier molecular flexibility index (Phi) is 3.76. The molecule has 0 saturated carbocycles. The molecule has 21 heavy (non-hydrogen) atoms. The van der Waals surface area contributed by atoms with Crippen LogP contribution in [0.2, 0.25) is 0 Å². The minimum atomic E-state index is -0.345. The molecule has 0 spiro atoms. The standard InChI is InChI=1S/C17H23NO3/c1-10-4-6-11(7-5-10)12-8-13-15(19)9-14(18(13)2)16(12)17(20)21-3/h4-7,12-16,19H,8-9H2,1-3H3/t12-,13-,14-,15+,16-/m1/s1. The van der Waals surface area contributed by atoms with Crippen LogP contribution in [0, 0.1) is 12.8 Å². The number of aliphatic hydroxyl groups is 1. The fourth-order valence-electron chi connectivity index (χ4n) is 4.10. The Morgan fingerprint density at radius 3 is 2.52 bits per heavy atom. The second-order valence-electron chi connectivity index (χ2n) is 6.41. The number of fused-ring (bicyclic) bond motifs is 2. The van der Waals surface area contributed by atoms with Crippen LogP contribution in [0.15, 0.2) is 24.3 Å². The third kappa shape index (κ3) is 2.36. The van der Waals surface area contributed by atoms with Crippen molar-refractivity contribution in [3.8, 4) is 0 Å². The van der Waals surface area contributed by atoms with Crippen molar-refractivity contribution >= 4 is 5.97 Å². The number of hydrogen-bond donors (Lipinski definition) is 1. The topological polar surface area (TPSA) is 49.8 Å². The highest BCUT2D eigenvalue weighted by atomic mass is 16.5. The summed E-state index contributed by atoms with van der Waals surface area (Å²) in [6, 6.07) is 8.58. The molecule has 0 amide bonds. The molecule has 1 aromatic rings. The minimum absolute atomic E-state index is 0.0671. The van der Waals surface area contributed by atoms with E-state index in [1.54, 1.807) is 0 Å². The average molecular weight is 289 g/mol. The Morgan fingerprint density at radius 2 is 1.90 bits per heavy atom. The van der Waals surface area contributed by atoms with Crippen molar-refractivity contribution < 1.29 is 14.6 Å². The number of nitrogens with zero attached hydrogens (tertiary/aromatic N) is 1. The second-order valence-corrected chi connectivity index (χ2v) is 6.41. The highest BCUT2D eigenvalue weighted by Gasteiger charge is 2.53. The van der Waals surface area contributed by atoms with E-state index in [2.05, 4.69) is 36.1 Å². The minimum Gasteiger partial charge on any atom is -0.469 e. The Morgan fingerprint density at radius 1 is 1.24 bits per heavy atom. The Bertz CT molecular complexity index is 527. The molecule has 2 fully saturated rings. The maximum absolute atomic E-state index is 12.3. The molecular formula is C17H23NO3. The molecule has 3 rings (SSSR count). The molecule has 5 atom stereocenters. The smallest absolute Gasteiger partial charge is 0.310 e. The van der Waals surface area contributed by atoms with Crippen molar-refractivity contribution in [1.29, 1.82) is 0 Å². The van der Waals surface area contributed by atoms with Crippen molar-refractivity contribution in [2.45, 2.75) is 43.9 Å². The summed E-state index contributed by atoms with van der Waals surface area (Å²) in [7, 11) is 3.46. The first-order chi connectivity index (χ1) is 10.0. The van der Waals surface area contributed by atoms with Gasteiger partial charge in [-0.2, -0.15) is 0 Å². The average Bonchev–Trinajstić information content (AvgIpc) is 2.66. The van der Waals surface area contributed by atoms with E-state index in [-0.39, 0.29) is 36.0 Å². The molecule has 4 nitrogen and oxygen atoms in total. The summed E-state index contributed by atoms with van der Waals surface area (Å²) in [6.45, 7) is 2.06. The quantitative estimate of drug-likeness (QED) is 0.842. The van der Waals surface area contributed by atoms with Gasteiger partial charge in [0.15, 0.2) is 0 Å². The number of hydrogen-bond acceptors (Lipinski definition) is 4. The summed E-state index contributed by atoms with van der Waals surface area (Å²) in [4.78, 5) is 14.5. The molecule has 2 aliphatic rings. The van der Waals surface area contributed by atoms with Crippen molar-refractivity contribution in [1.82, 2.24) is 4.90 Å². The molecule has 0 radical (unpaired) electrons. The summed E-state index contributed by atoms with van der Waals surface area (Å²) in [5, 5.41) is 10.3. The number of carbonyl (C=O) groups excluding carboxylic acids is 1. The molecule has 2 heterocycles. The lowest BCUT2D eigenvalue weighted by molar-refractivity contribution is -0.150. The highest BCUT2D eigenvalue weighted by molar-refractivity contribution is 5.75. The largest absolute Gasteiger partial charge is 0.469 e. The number of esters is 1. The van der Waals surface area contributed by atoms with Crippen molar-refractivity contribution in [2.75, 3.05) is 14.2 Å². The molecule has 1 N–H and O–H groups in total. The predicted octanol–water partition coefficient (Wildman–Crippen LogP) is 1.71.